The van der Waals surface area contributed by atoms with Gasteiger partial charge in [0.1, 0.15) is 5.82 Å². The summed E-state index contributed by atoms with van der Waals surface area (Å²) in [5, 5.41) is 3.51. The van der Waals surface area contributed by atoms with E-state index in [-0.39, 0.29) is 5.91 Å². The van der Waals surface area contributed by atoms with Gasteiger partial charge in [-0.2, -0.15) is 0 Å². The van der Waals surface area contributed by atoms with E-state index >= 15 is 0 Å². The fourth-order valence-electron chi connectivity index (χ4n) is 1.49. The third-order valence-corrected chi connectivity index (χ3v) is 3.79. The molecule has 2 aromatic rings. The minimum Gasteiger partial charge on any atom is -0.306 e. The Balaban J connectivity index is 2.23. The van der Waals surface area contributed by atoms with E-state index in [0.717, 1.165) is 9.13 Å². The van der Waals surface area contributed by atoms with Gasteiger partial charge in [-0.1, -0.05) is 23.2 Å². The maximum Gasteiger partial charge on any atom is 0.256 e. The molecule has 1 amide bonds. The fourth-order valence-corrected chi connectivity index (χ4v) is 2.39. The Morgan fingerprint density at radius 3 is 2.63 bits per heavy atom. The zero-order valence-electron chi connectivity index (χ0n) is 9.88. The Kier molecular flexibility index (Phi) is 4.65. The van der Waals surface area contributed by atoms with Gasteiger partial charge in [0, 0.05) is 15.3 Å². The van der Waals surface area contributed by atoms with Crippen LogP contribution in [-0.4, -0.2) is 10.9 Å². The van der Waals surface area contributed by atoms with Crippen molar-refractivity contribution in [1.29, 1.82) is 0 Å². The van der Waals surface area contributed by atoms with Gasteiger partial charge in [0.15, 0.2) is 0 Å². The van der Waals surface area contributed by atoms with E-state index < -0.39 is 0 Å². The fraction of sp³-hybridized carbons (Fsp3) is 0.0769. The lowest BCUT2D eigenvalue weighted by Crippen LogP contribution is -2.14. The summed E-state index contributed by atoms with van der Waals surface area (Å²) >= 11 is 13.9. The number of aromatic nitrogens is 1. The molecule has 1 heterocycles. The van der Waals surface area contributed by atoms with E-state index in [4.69, 9.17) is 23.2 Å². The van der Waals surface area contributed by atoms with Crippen LogP contribution >= 0.6 is 45.8 Å². The predicted octanol–water partition coefficient (Wildman–Crippen LogP) is 4.55. The molecule has 0 aliphatic rings. The summed E-state index contributed by atoms with van der Waals surface area (Å²) in [7, 11) is 0. The van der Waals surface area contributed by atoms with Gasteiger partial charge in [-0.05, 0) is 59.3 Å². The van der Waals surface area contributed by atoms with Gasteiger partial charge in [0.05, 0.1) is 10.0 Å². The molecule has 0 radical (unpaired) electrons. The molecule has 1 N–H and O–H groups in total. The molecule has 0 fully saturated rings. The van der Waals surface area contributed by atoms with Gasteiger partial charge in [-0.3, -0.25) is 4.79 Å². The second-order valence-electron chi connectivity index (χ2n) is 3.90. The van der Waals surface area contributed by atoms with Crippen molar-refractivity contribution in [1.82, 2.24) is 4.98 Å². The van der Waals surface area contributed by atoms with E-state index in [1.165, 1.54) is 6.07 Å². The van der Waals surface area contributed by atoms with Crippen LogP contribution in [0.4, 0.5) is 5.82 Å². The Bertz CT molecular complexity index is 647. The van der Waals surface area contributed by atoms with Gasteiger partial charge >= 0.3 is 0 Å². The number of benzene rings is 1. The van der Waals surface area contributed by atoms with Gasteiger partial charge in [0.2, 0.25) is 0 Å². The van der Waals surface area contributed by atoms with Gasteiger partial charge in [-0.15, -0.1) is 0 Å². The Labute approximate surface area is 134 Å². The number of nitrogens with one attached hydrogen (secondary N) is 1. The minimum absolute atomic E-state index is 0.268. The number of hydrogen-bond donors (Lipinski definition) is 1. The van der Waals surface area contributed by atoms with Crippen LogP contribution in [0.15, 0.2) is 30.5 Å². The second kappa shape index (κ2) is 6.07. The van der Waals surface area contributed by atoms with Gasteiger partial charge in [-0.25, -0.2) is 4.98 Å². The van der Waals surface area contributed by atoms with E-state index in [2.05, 4.69) is 32.9 Å². The van der Waals surface area contributed by atoms with Crippen molar-refractivity contribution in [3.63, 3.8) is 0 Å². The van der Waals surface area contributed by atoms with Gasteiger partial charge in [0.25, 0.3) is 5.91 Å². The average Bonchev–Trinajstić information content (AvgIpc) is 2.36. The van der Waals surface area contributed by atoms with Crippen molar-refractivity contribution in [3.05, 3.63) is 55.2 Å². The first-order chi connectivity index (χ1) is 8.97. The topological polar surface area (TPSA) is 42.0 Å². The number of carbonyl (C=O) groups excluding carboxylic acids is 1. The summed E-state index contributed by atoms with van der Waals surface area (Å²) in [6.45, 7) is 1.89. The molecule has 0 saturated carbocycles. The lowest BCUT2D eigenvalue weighted by Gasteiger charge is -2.08. The SMILES string of the molecule is Cc1cc(I)cnc1NC(=O)c1ccc(Cl)c(Cl)c1. The van der Waals surface area contributed by atoms with Crippen molar-refractivity contribution >= 4 is 57.5 Å². The molecule has 0 spiro atoms. The first-order valence-corrected chi connectivity index (χ1v) is 7.19. The molecule has 0 aliphatic heterocycles. The minimum atomic E-state index is -0.268. The van der Waals surface area contributed by atoms with Crippen LogP contribution in [0, 0.1) is 10.5 Å². The van der Waals surface area contributed by atoms with Crippen molar-refractivity contribution < 1.29 is 4.79 Å². The van der Waals surface area contributed by atoms with Gasteiger partial charge < -0.3 is 5.32 Å². The maximum absolute atomic E-state index is 12.1. The summed E-state index contributed by atoms with van der Waals surface area (Å²) in [5.41, 5.74) is 1.34. The molecule has 1 aromatic heterocycles. The largest absolute Gasteiger partial charge is 0.306 e. The average molecular weight is 407 g/mol. The molecule has 0 aliphatic carbocycles. The predicted molar refractivity (Wildman–Crippen MR) is 86.1 cm³/mol. The van der Waals surface area contributed by atoms with Crippen LogP contribution in [0.3, 0.4) is 0 Å². The lowest BCUT2D eigenvalue weighted by atomic mass is 10.2. The van der Waals surface area contributed by atoms with E-state index in [0.29, 0.717) is 21.4 Å². The molecular weight excluding hydrogens is 398 g/mol. The molecular formula is C13H9Cl2IN2O. The molecule has 0 unspecified atom stereocenters. The van der Waals surface area contributed by atoms with E-state index in [1.807, 2.05) is 13.0 Å². The highest BCUT2D eigenvalue weighted by molar-refractivity contribution is 14.1. The summed E-state index contributed by atoms with van der Waals surface area (Å²) in [4.78, 5) is 16.2. The number of rotatable bonds is 2. The molecule has 0 atom stereocenters. The number of carbonyl (C=O) groups is 1. The number of amides is 1. The van der Waals surface area contributed by atoms with Crippen LogP contribution in [0.25, 0.3) is 0 Å². The number of anilines is 1. The molecule has 0 saturated heterocycles. The summed E-state index contributed by atoms with van der Waals surface area (Å²) < 4.78 is 1.02. The first-order valence-electron chi connectivity index (χ1n) is 5.36. The Hall–Kier alpha value is -0.850. The number of aryl methyl sites for hydroxylation is 1. The Morgan fingerprint density at radius 2 is 2.00 bits per heavy atom. The van der Waals surface area contributed by atoms with E-state index in [1.54, 1.807) is 18.3 Å². The summed E-state index contributed by atoms with van der Waals surface area (Å²) in [5.74, 6) is 0.270. The number of nitrogens with zero attached hydrogens (tertiary/aromatic N) is 1. The Morgan fingerprint density at radius 1 is 1.26 bits per heavy atom. The second-order valence-corrected chi connectivity index (χ2v) is 5.96. The molecule has 3 nitrogen and oxygen atoms in total. The summed E-state index contributed by atoms with van der Waals surface area (Å²) in [6, 6.07) is 6.68. The normalized spacial score (nSPS) is 10.3. The third kappa shape index (κ3) is 3.58. The number of halogens is 3. The monoisotopic (exact) mass is 406 g/mol. The highest BCUT2D eigenvalue weighted by Crippen LogP contribution is 2.23. The van der Waals surface area contributed by atoms with Crippen LogP contribution in [0.5, 0.6) is 0 Å². The maximum atomic E-state index is 12.1. The van der Waals surface area contributed by atoms with Crippen molar-refractivity contribution in [2.75, 3.05) is 5.32 Å². The molecule has 0 bridgehead atoms. The third-order valence-electron chi connectivity index (χ3n) is 2.46. The van der Waals surface area contributed by atoms with Crippen LogP contribution in [0.1, 0.15) is 15.9 Å². The van der Waals surface area contributed by atoms with Crippen molar-refractivity contribution in [2.45, 2.75) is 6.92 Å². The standard InChI is InChI=1S/C13H9Cl2IN2O/c1-7-4-9(16)6-17-12(7)18-13(19)8-2-3-10(14)11(15)5-8/h2-6H,1H3,(H,17,18,19). The molecule has 2 rings (SSSR count). The highest BCUT2D eigenvalue weighted by atomic mass is 127. The number of hydrogen-bond acceptors (Lipinski definition) is 2. The smallest absolute Gasteiger partial charge is 0.256 e. The summed E-state index contributed by atoms with van der Waals surface area (Å²) in [6.07, 6.45) is 1.69. The van der Waals surface area contributed by atoms with Crippen LogP contribution in [0.2, 0.25) is 10.0 Å². The van der Waals surface area contributed by atoms with Crippen LogP contribution < -0.4 is 5.32 Å². The first kappa shape index (κ1) is 14.6. The zero-order chi connectivity index (χ0) is 14.0. The zero-order valence-corrected chi connectivity index (χ0v) is 13.5. The highest BCUT2D eigenvalue weighted by Gasteiger charge is 2.10. The quantitative estimate of drug-likeness (QED) is 0.743. The molecule has 6 heteroatoms. The molecule has 19 heavy (non-hydrogen) atoms. The van der Waals surface area contributed by atoms with Crippen molar-refractivity contribution in [3.8, 4) is 0 Å². The molecule has 98 valence electrons. The number of pyridine rings is 1. The lowest BCUT2D eigenvalue weighted by molar-refractivity contribution is 0.102. The van der Waals surface area contributed by atoms with Crippen molar-refractivity contribution in [2.24, 2.45) is 0 Å². The van der Waals surface area contributed by atoms with E-state index in [9.17, 15) is 4.79 Å². The van der Waals surface area contributed by atoms with Crippen LogP contribution in [-0.2, 0) is 0 Å². The molecule has 1 aromatic carbocycles.